The summed E-state index contributed by atoms with van der Waals surface area (Å²) in [6.45, 7) is 6.56. The lowest BCUT2D eigenvalue weighted by Gasteiger charge is -2.11. The van der Waals surface area contributed by atoms with Crippen molar-refractivity contribution >= 4 is 23.2 Å². The largest absolute Gasteiger partial charge is 0.316 e. The van der Waals surface area contributed by atoms with Crippen LogP contribution in [-0.4, -0.2) is 13.1 Å². The zero-order valence-corrected chi connectivity index (χ0v) is 12.1. The molecule has 0 heterocycles. The van der Waals surface area contributed by atoms with Crippen LogP contribution in [0.15, 0.2) is 18.2 Å². The minimum absolute atomic E-state index is 0.697. The molecule has 1 aromatic rings. The first-order valence-electron chi connectivity index (χ1n) is 6.28. The molecular weight excluding hydrogens is 253 g/mol. The van der Waals surface area contributed by atoms with Gasteiger partial charge in [-0.3, -0.25) is 0 Å². The highest BCUT2D eigenvalue weighted by Crippen LogP contribution is 2.21. The Kier molecular flexibility index (Phi) is 6.94. The number of hydrogen-bond acceptors (Lipinski definition) is 1. The van der Waals surface area contributed by atoms with Crippen molar-refractivity contribution in [2.24, 2.45) is 5.92 Å². The number of benzene rings is 1. The Morgan fingerprint density at radius 1 is 1.29 bits per heavy atom. The third-order valence-corrected chi connectivity index (χ3v) is 3.45. The molecular formula is C14H21Cl2N. The van der Waals surface area contributed by atoms with Gasteiger partial charge in [0.1, 0.15) is 0 Å². The molecule has 0 saturated carbocycles. The van der Waals surface area contributed by atoms with Gasteiger partial charge in [-0.05, 0) is 49.5 Å². The van der Waals surface area contributed by atoms with E-state index in [1.54, 1.807) is 6.07 Å². The van der Waals surface area contributed by atoms with Gasteiger partial charge in [0.25, 0.3) is 0 Å². The Bertz CT molecular complexity index is 339. The third-order valence-electron chi connectivity index (χ3n) is 2.86. The monoisotopic (exact) mass is 273 g/mol. The molecule has 1 aromatic carbocycles. The van der Waals surface area contributed by atoms with E-state index in [4.69, 9.17) is 23.2 Å². The molecule has 3 heteroatoms. The van der Waals surface area contributed by atoms with E-state index in [9.17, 15) is 0 Å². The summed E-state index contributed by atoms with van der Waals surface area (Å²) >= 11 is 12.0. The van der Waals surface area contributed by atoms with Crippen molar-refractivity contribution in [2.75, 3.05) is 13.1 Å². The van der Waals surface area contributed by atoms with Crippen LogP contribution < -0.4 is 5.32 Å². The first-order chi connectivity index (χ1) is 8.13. The van der Waals surface area contributed by atoms with E-state index < -0.39 is 0 Å². The van der Waals surface area contributed by atoms with E-state index in [1.165, 1.54) is 12.8 Å². The molecule has 96 valence electrons. The standard InChI is InChI=1S/C14H21Cl2N/c1-3-4-11(2)10-17-8-7-12-5-6-13(15)9-14(12)16/h5-6,9,11,17H,3-4,7-8,10H2,1-2H3. The van der Waals surface area contributed by atoms with Crippen LogP contribution in [0, 0.1) is 5.92 Å². The summed E-state index contributed by atoms with van der Waals surface area (Å²) in [4.78, 5) is 0. The topological polar surface area (TPSA) is 12.0 Å². The predicted molar refractivity (Wildman–Crippen MR) is 77.1 cm³/mol. The second kappa shape index (κ2) is 7.97. The van der Waals surface area contributed by atoms with Gasteiger partial charge in [-0.1, -0.05) is 49.5 Å². The summed E-state index contributed by atoms with van der Waals surface area (Å²) in [6.07, 6.45) is 3.50. The molecule has 0 aliphatic heterocycles. The van der Waals surface area contributed by atoms with E-state index in [0.29, 0.717) is 5.02 Å². The molecule has 1 unspecified atom stereocenters. The molecule has 1 rings (SSSR count). The highest BCUT2D eigenvalue weighted by atomic mass is 35.5. The highest BCUT2D eigenvalue weighted by Gasteiger charge is 2.02. The summed E-state index contributed by atoms with van der Waals surface area (Å²) in [5.41, 5.74) is 1.16. The lowest BCUT2D eigenvalue weighted by molar-refractivity contribution is 0.478. The second-order valence-electron chi connectivity index (χ2n) is 4.58. The number of halogens is 2. The molecule has 1 N–H and O–H groups in total. The minimum Gasteiger partial charge on any atom is -0.316 e. The van der Waals surface area contributed by atoms with Crippen LogP contribution in [0.1, 0.15) is 32.3 Å². The van der Waals surface area contributed by atoms with Crippen molar-refractivity contribution in [3.05, 3.63) is 33.8 Å². The molecule has 1 nitrogen and oxygen atoms in total. The SMILES string of the molecule is CCCC(C)CNCCc1ccc(Cl)cc1Cl. The Balaban J connectivity index is 2.26. The van der Waals surface area contributed by atoms with Crippen LogP contribution in [0.5, 0.6) is 0 Å². The Hall–Kier alpha value is -0.240. The molecule has 0 radical (unpaired) electrons. The maximum Gasteiger partial charge on any atom is 0.0453 e. The molecule has 0 spiro atoms. The summed E-state index contributed by atoms with van der Waals surface area (Å²) in [5, 5.41) is 4.93. The average molecular weight is 274 g/mol. The molecule has 17 heavy (non-hydrogen) atoms. The predicted octanol–water partition coefficient (Wildman–Crippen LogP) is 4.56. The van der Waals surface area contributed by atoms with Crippen LogP contribution in [0.2, 0.25) is 10.0 Å². The molecule has 0 saturated heterocycles. The molecule has 0 amide bonds. The Labute approximate surface area is 115 Å². The van der Waals surface area contributed by atoms with Crippen molar-refractivity contribution in [2.45, 2.75) is 33.1 Å². The quantitative estimate of drug-likeness (QED) is 0.718. The van der Waals surface area contributed by atoms with Crippen molar-refractivity contribution in [1.29, 1.82) is 0 Å². The maximum absolute atomic E-state index is 6.11. The molecule has 1 atom stereocenters. The lowest BCUT2D eigenvalue weighted by atomic mass is 10.1. The van der Waals surface area contributed by atoms with E-state index in [0.717, 1.165) is 36.0 Å². The van der Waals surface area contributed by atoms with Gasteiger partial charge >= 0.3 is 0 Å². The number of hydrogen-bond donors (Lipinski definition) is 1. The fourth-order valence-corrected chi connectivity index (χ4v) is 2.39. The third kappa shape index (κ3) is 5.76. The molecule has 0 fully saturated rings. The zero-order chi connectivity index (χ0) is 12.7. The fraction of sp³-hybridized carbons (Fsp3) is 0.571. The molecule has 0 aliphatic carbocycles. The van der Waals surface area contributed by atoms with Crippen molar-refractivity contribution in [3.8, 4) is 0 Å². The first kappa shape index (κ1) is 14.8. The van der Waals surface area contributed by atoms with Gasteiger partial charge in [-0.15, -0.1) is 0 Å². The van der Waals surface area contributed by atoms with E-state index in [2.05, 4.69) is 19.2 Å². The lowest BCUT2D eigenvalue weighted by Crippen LogP contribution is -2.23. The van der Waals surface area contributed by atoms with E-state index >= 15 is 0 Å². The summed E-state index contributed by atoms with van der Waals surface area (Å²) in [6, 6.07) is 5.70. The molecule has 0 aromatic heterocycles. The van der Waals surface area contributed by atoms with Crippen molar-refractivity contribution in [3.63, 3.8) is 0 Å². The van der Waals surface area contributed by atoms with Crippen molar-refractivity contribution in [1.82, 2.24) is 5.32 Å². The molecule has 0 aliphatic rings. The average Bonchev–Trinajstić information content (AvgIpc) is 2.27. The summed E-state index contributed by atoms with van der Waals surface area (Å²) < 4.78 is 0. The van der Waals surface area contributed by atoms with Gasteiger partial charge in [-0.25, -0.2) is 0 Å². The smallest absolute Gasteiger partial charge is 0.0453 e. The highest BCUT2D eigenvalue weighted by molar-refractivity contribution is 6.35. The van der Waals surface area contributed by atoms with Gasteiger partial charge in [0.15, 0.2) is 0 Å². The van der Waals surface area contributed by atoms with E-state index in [1.807, 2.05) is 12.1 Å². The normalized spacial score (nSPS) is 12.7. The first-order valence-corrected chi connectivity index (χ1v) is 7.03. The van der Waals surface area contributed by atoms with Gasteiger partial charge in [0, 0.05) is 10.0 Å². The molecule has 0 bridgehead atoms. The number of nitrogens with one attached hydrogen (secondary N) is 1. The zero-order valence-electron chi connectivity index (χ0n) is 10.6. The van der Waals surface area contributed by atoms with Gasteiger partial charge < -0.3 is 5.32 Å². The van der Waals surface area contributed by atoms with Crippen LogP contribution in [0.3, 0.4) is 0 Å². The van der Waals surface area contributed by atoms with Crippen molar-refractivity contribution < 1.29 is 0 Å². The number of rotatable bonds is 7. The van der Waals surface area contributed by atoms with Gasteiger partial charge in [0.05, 0.1) is 0 Å². The van der Waals surface area contributed by atoms with Crippen LogP contribution in [0.4, 0.5) is 0 Å². The summed E-state index contributed by atoms with van der Waals surface area (Å²) in [7, 11) is 0. The fourth-order valence-electron chi connectivity index (χ4n) is 1.89. The van der Waals surface area contributed by atoms with Gasteiger partial charge in [-0.2, -0.15) is 0 Å². The van der Waals surface area contributed by atoms with Gasteiger partial charge in [0.2, 0.25) is 0 Å². The Morgan fingerprint density at radius 3 is 2.71 bits per heavy atom. The second-order valence-corrected chi connectivity index (χ2v) is 5.43. The van der Waals surface area contributed by atoms with E-state index in [-0.39, 0.29) is 0 Å². The maximum atomic E-state index is 6.11. The Morgan fingerprint density at radius 2 is 2.06 bits per heavy atom. The summed E-state index contributed by atoms with van der Waals surface area (Å²) in [5.74, 6) is 0.751. The van der Waals surface area contributed by atoms with Crippen LogP contribution in [-0.2, 0) is 6.42 Å². The van der Waals surface area contributed by atoms with Crippen LogP contribution in [0.25, 0.3) is 0 Å². The van der Waals surface area contributed by atoms with Crippen LogP contribution >= 0.6 is 23.2 Å². The minimum atomic E-state index is 0.697.